The van der Waals surface area contributed by atoms with Crippen molar-refractivity contribution < 1.29 is 18.3 Å². The first-order valence-corrected chi connectivity index (χ1v) is 7.61. The van der Waals surface area contributed by atoms with Crippen LogP contribution in [0.15, 0.2) is 54.6 Å². The van der Waals surface area contributed by atoms with E-state index in [2.05, 4.69) is 21.9 Å². The summed E-state index contributed by atoms with van der Waals surface area (Å²) < 4.78 is 28.5. The number of amides is 2. The average Bonchev–Trinajstić information content (AvgIpc) is 2.60. The second-order valence-electron chi connectivity index (χ2n) is 5.21. The third-order valence-electron chi connectivity index (χ3n) is 3.25. The second kappa shape index (κ2) is 9.28. The van der Waals surface area contributed by atoms with Crippen LogP contribution in [0.4, 0.5) is 13.6 Å². The van der Waals surface area contributed by atoms with E-state index in [4.69, 9.17) is 0 Å². The van der Waals surface area contributed by atoms with E-state index in [0.29, 0.717) is 6.54 Å². The molecule has 0 aliphatic rings. The highest BCUT2D eigenvalue weighted by Crippen LogP contribution is 2.15. The molecular weight excluding hydrogens is 326 g/mol. The lowest BCUT2D eigenvalue weighted by Gasteiger charge is -2.17. The molecule has 0 aliphatic heterocycles. The number of carbonyl (C=O) groups excluding carboxylic acids is 1. The van der Waals surface area contributed by atoms with Gasteiger partial charge >= 0.3 is 12.6 Å². The fourth-order valence-electron chi connectivity index (χ4n) is 2.04. The topological polar surface area (TPSA) is 41.6 Å². The van der Waals surface area contributed by atoms with Gasteiger partial charge in [-0.3, -0.25) is 0 Å². The van der Waals surface area contributed by atoms with Crippen LogP contribution >= 0.6 is 0 Å². The number of urea groups is 1. The summed E-state index contributed by atoms with van der Waals surface area (Å²) in [6, 6.07) is 15.4. The van der Waals surface area contributed by atoms with Gasteiger partial charge in [-0.15, -0.1) is 0 Å². The molecule has 0 saturated heterocycles. The van der Waals surface area contributed by atoms with Gasteiger partial charge in [0.1, 0.15) is 5.75 Å². The summed E-state index contributed by atoms with van der Waals surface area (Å²) in [5.41, 5.74) is 1.69. The number of rotatable bonds is 5. The number of benzene rings is 2. The zero-order chi connectivity index (χ0) is 18.1. The molecule has 0 atom stereocenters. The van der Waals surface area contributed by atoms with Gasteiger partial charge in [-0.25, -0.2) is 4.79 Å². The summed E-state index contributed by atoms with van der Waals surface area (Å²) in [4.78, 5) is 13.5. The molecule has 0 radical (unpaired) electrons. The van der Waals surface area contributed by atoms with E-state index in [1.165, 1.54) is 17.0 Å². The van der Waals surface area contributed by atoms with Gasteiger partial charge in [-0.1, -0.05) is 42.2 Å². The lowest BCUT2D eigenvalue weighted by atomic mass is 10.2. The summed E-state index contributed by atoms with van der Waals surface area (Å²) >= 11 is 0. The Bertz CT molecular complexity index is 738. The zero-order valence-electron chi connectivity index (χ0n) is 13.7. The first-order valence-electron chi connectivity index (χ1n) is 7.61. The Morgan fingerprint density at radius 2 is 1.84 bits per heavy atom. The maximum atomic E-state index is 12.1. The average molecular weight is 344 g/mol. The summed E-state index contributed by atoms with van der Waals surface area (Å²) in [5, 5.41) is 2.70. The van der Waals surface area contributed by atoms with Crippen molar-refractivity contribution in [2.45, 2.75) is 13.2 Å². The van der Waals surface area contributed by atoms with Crippen molar-refractivity contribution in [2.24, 2.45) is 0 Å². The SMILES string of the molecule is CN(Cc1ccc(OC(F)F)cc1)C(=O)NCC#Cc1ccccc1. The Balaban J connectivity index is 1.79. The molecule has 0 aliphatic carbocycles. The van der Waals surface area contributed by atoms with Gasteiger partial charge < -0.3 is 15.0 Å². The van der Waals surface area contributed by atoms with Crippen LogP contribution in [0.1, 0.15) is 11.1 Å². The third kappa shape index (κ3) is 6.51. The van der Waals surface area contributed by atoms with Gasteiger partial charge in [0.2, 0.25) is 0 Å². The van der Waals surface area contributed by atoms with Crippen LogP contribution in [-0.2, 0) is 6.54 Å². The van der Waals surface area contributed by atoms with E-state index >= 15 is 0 Å². The number of hydrogen-bond donors (Lipinski definition) is 1. The van der Waals surface area contributed by atoms with Crippen LogP contribution in [-0.4, -0.2) is 31.1 Å². The molecule has 25 heavy (non-hydrogen) atoms. The Hall–Kier alpha value is -3.07. The summed E-state index contributed by atoms with van der Waals surface area (Å²) in [5.74, 6) is 5.92. The highest BCUT2D eigenvalue weighted by Gasteiger charge is 2.09. The normalized spacial score (nSPS) is 9.92. The number of halogens is 2. The third-order valence-corrected chi connectivity index (χ3v) is 3.25. The molecular formula is C19H18F2N2O2. The van der Waals surface area contributed by atoms with Crippen molar-refractivity contribution in [2.75, 3.05) is 13.6 Å². The summed E-state index contributed by atoms with van der Waals surface area (Å²) in [6.45, 7) is -2.28. The van der Waals surface area contributed by atoms with Gasteiger partial charge in [-0.2, -0.15) is 8.78 Å². The van der Waals surface area contributed by atoms with Gasteiger partial charge in [-0.05, 0) is 29.8 Å². The van der Waals surface area contributed by atoms with Crippen LogP contribution in [0.5, 0.6) is 5.75 Å². The molecule has 0 saturated carbocycles. The first kappa shape index (κ1) is 18.3. The predicted molar refractivity (Wildman–Crippen MR) is 91.3 cm³/mol. The molecule has 1 N–H and O–H groups in total. The lowest BCUT2D eigenvalue weighted by molar-refractivity contribution is -0.0498. The van der Waals surface area contributed by atoms with E-state index in [1.807, 2.05) is 30.3 Å². The molecule has 0 heterocycles. The predicted octanol–water partition coefficient (Wildman–Crippen LogP) is 3.48. The zero-order valence-corrected chi connectivity index (χ0v) is 13.7. The van der Waals surface area contributed by atoms with Crippen molar-refractivity contribution in [3.8, 4) is 17.6 Å². The molecule has 2 amide bonds. The molecule has 0 bridgehead atoms. The van der Waals surface area contributed by atoms with Crippen molar-refractivity contribution >= 4 is 6.03 Å². The molecule has 0 spiro atoms. The standard InChI is InChI=1S/C19H18F2N2O2/c1-23(14-16-9-11-17(12-10-16)25-18(20)21)19(24)22-13-5-8-15-6-3-2-4-7-15/h2-4,6-7,9-12,18H,13-14H2,1H3,(H,22,24). The number of nitrogens with one attached hydrogen (secondary N) is 1. The van der Waals surface area contributed by atoms with Crippen molar-refractivity contribution in [3.05, 3.63) is 65.7 Å². The minimum Gasteiger partial charge on any atom is -0.435 e. The van der Waals surface area contributed by atoms with Gasteiger partial charge in [0, 0.05) is 19.2 Å². The van der Waals surface area contributed by atoms with E-state index in [1.54, 1.807) is 19.2 Å². The maximum Gasteiger partial charge on any atom is 0.387 e. The minimum absolute atomic E-state index is 0.0852. The molecule has 2 rings (SSSR count). The molecule has 0 aromatic heterocycles. The van der Waals surface area contributed by atoms with Crippen molar-refractivity contribution in [1.29, 1.82) is 0 Å². The fourth-order valence-corrected chi connectivity index (χ4v) is 2.04. The Kier molecular flexibility index (Phi) is 6.78. The minimum atomic E-state index is -2.85. The van der Waals surface area contributed by atoms with Gasteiger partial charge in [0.15, 0.2) is 0 Å². The monoisotopic (exact) mass is 344 g/mol. The van der Waals surface area contributed by atoms with Crippen molar-refractivity contribution in [3.63, 3.8) is 0 Å². The molecule has 130 valence electrons. The molecule has 6 heteroatoms. The maximum absolute atomic E-state index is 12.1. The summed E-state index contributed by atoms with van der Waals surface area (Å²) in [6.07, 6.45) is 0. The number of hydrogen-bond acceptors (Lipinski definition) is 2. The lowest BCUT2D eigenvalue weighted by Crippen LogP contribution is -2.36. The van der Waals surface area contributed by atoms with Gasteiger partial charge in [0.25, 0.3) is 0 Å². The second-order valence-corrected chi connectivity index (χ2v) is 5.21. The van der Waals surface area contributed by atoms with E-state index in [-0.39, 0.29) is 18.3 Å². The quantitative estimate of drug-likeness (QED) is 0.844. The number of nitrogens with zero attached hydrogens (tertiary/aromatic N) is 1. The Morgan fingerprint density at radius 3 is 2.48 bits per heavy atom. The van der Waals surface area contributed by atoms with Crippen LogP contribution in [0.3, 0.4) is 0 Å². The molecule has 0 unspecified atom stereocenters. The largest absolute Gasteiger partial charge is 0.435 e. The highest BCUT2D eigenvalue weighted by atomic mass is 19.3. The van der Waals surface area contributed by atoms with Crippen LogP contribution in [0.2, 0.25) is 0 Å². The molecule has 2 aromatic carbocycles. The smallest absolute Gasteiger partial charge is 0.387 e. The highest BCUT2D eigenvalue weighted by molar-refractivity contribution is 5.74. The summed E-state index contributed by atoms with van der Waals surface area (Å²) in [7, 11) is 1.64. The van der Waals surface area contributed by atoms with Crippen LogP contribution in [0.25, 0.3) is 0 Å². The van der Waals surface area contributed by atoms with Crippen molar-refractivity contribution in [1.82, 2.24) is 10.2 Å². The van der Waals surface area contributed by atoms with E-state index in [9.17, 15) is 13.6 Å². The fraction of sp³-hybridized carbons (Fsp3) is 0.211. The van der Waals surface area contributed by atoms with E-state index in [0.717, 1.165) is 11.1 Å². The molecule has 4 nitrogen and oxygen atoms in total. The Morgan fingerprint density at radius 1 is 1.16 bits per heavy atom. The molecule has 2 aromatic rings. The number of carbonyl (C=O) groups is 1. The number of ether oxygens (including phenoxy) is 1. The molecule has 0 fully saturated rings. The number of alkyl halides is 2. The van der Waals surface area contributed by atoms with Crippen LogP contribution in [0, 0.1) is 11.8 Å². The first-order chi connectivity index (χ1) is 12.0. The van der Waals surface area contributed by atoms with E-state index < -0.39 is 6.61 Å². The Labute approximate surface area is 145 Å². The van der Waals surface area contributed by atoms with Gasteiger partial charge in [0.05, 0.1) is 6.54 Å². The van der Waals surface area contributed by atoms with Crippen LogP contribution < -0.4 is 10.1 Å².